The van der Waals surface area contributed by atoms with Gasteiger partial charge in [-0.05, 0) is 34.4 Å². The van der Waals surface area contributed by atoms with Crippen LogP contribution >= 0.6 is 0 Å². The Morgan fingerprint density at radius 3 is 2.00 bits per heavy atom. The van der Waals surface area contributed by atoms with Gasteiger partial charge in [0.05, 0.1) is 0 Å². The van der Waals surface area contributed by atoms with Crippen LogP contribution in [0.1, 0.15) is 40.0 Å². The molecular formula is C9H21N. The van der Waals surface area contributed by atoms with E-state index in [1.54, 1.807) is 0 Å². The van der Waals surface area contributed by atoms with Crippen molar-refractivity contribution < 1.29 is 0 Å². The smallest absolute Gasteiger partial charge is 0.0147 e. The molecular weight excluding hydrogens is 122 g/mol. The van der Waals surface area contributed by atoms with Crippen LogP contribution in [0.5, 0.6) is 0 Å². The van der Waals surface area contributed by atoms with Gasteiger partial charge >= 0.3 is 0 Å². The average molecular weight is 143 g/mol. The van der Waals surface area contributed by atoms with E-state index in [-0.39, 0.29) is 0 Å². The zero-order chi connectivity index (χ0) is 8.20. The van der Waals surface area contributed by atoms with Gasteiger partial charge in [-0.2, -0.15) is 0 Å². The maximum Gasteiger partial charge on any atom is 0.0147 e. The molecule has 0 saturated heterocycles. The SMILES string of the molecule is CCCCC(C)(C)N(C)C. The maximum atomic E-state index is 2.29. The van der Waals surface area contributed by atoms with Crippen molar-refractivity contribution in [1.29, 1.82) is 0 Å². The van der Waals surface area contributed by atoms with Gasteiger partial charge in [0.15, 0.2) is 0 Å². The van der Waals surface area contributed by atoms with Gasteiger partial charge in [-0.15, -0.1) is 0 Å². The van der Waals surface area contributed by atoms with Crippen LogP contribution in [-0.4, -0.2) is 24.5 Å². The average Bonchev–Trinajstić information content (AvgIpc) is 1.84. The molecule has 0 aliphatic heterocycles. The van der Waals surface area contributed by atoms with Gasteiger partial charge in [-0.3, -0.25) is 0 Å². The lowest BCUT2D eigenvalue weighted by Crippen LogP contribution is -2.37. The van der Waals surface area contributed by atoms with E-state index in [0.29, 0.717) is 5.54 Å². The molecule has 10 heavy (non-hydrogen) atoms. The topological polar surface area (TPSA) is 3.24 Å². The van der Waals surface area contributed by atoms with Crippen LogP contribution in [0.4, 0.5) is 0 Å². The molecule has 0 radical (unpaired) electrons. The van der Waals surface area contributed by atoms with Gasteiger partial charge in [-0.1, -0.05) is 19.8 Å². The molecule has 0 unspecified atom stereocenters. The first-order valence-corrected chi connectivity index (χ1v) is 4.18. The molecule has 0 bridgehead atoms. The van der Waals surface area contributed by atoms with Crippen LogP contribution in [0.3, 0.4) is 0 Å². The quantitative estimate of drug-likeness (QED) is 0.584. The van der Waals surface area contributed by atoms with E-state index in [2.05, 4.69) is 39.8 Å². The number of nitrogens with zero attached hydrogens (tertiary/aromatic N) is 1. The molecule has 0 spiro atoms. The zero-order valence-corrected chi connectivity index (χ0v) is 8.07. The summed E-state index contributed by atoms with van der Waals surface area (Å²) in [5, 5.41) is 0. The van der Waals surface area contributed by atoms with Crippen LogP contribution < -0.4 is 0 Å². The molecule has 0 fully saturated rings. The highest BCUT2D eigenvalue weighted by Crippen LogP contribution is 2.17. The Morgan fingerprint density at radius 1 is 1.20 bits per heavy atom. The molecule has 0 N–H and O–H groups in total. The second-order valence-electron chi connectivity index (χ2n) is 3.81. The van der Waals surface area contributed by atoms with Crippen molar-refractivity contribution in [1.82, 2.24) is 4.90 Å². The minimum atomic E-state index is 0.385. The lowest BCUT2D eigenvalue weighted by molar-refractivity contribution is 0.178. The molecule has 0 heterocycles. The second kappa shape index (κ2) is 3.97. The third-order valence-corrected chi connectivity index (χ3v) is 2.35. The summed E-state index contributed by atoms with van der Waals surface area (Å²) in [6.45, 7) is 6.83. The van der Waals surface area contributed by atoms with E-state index in [1.165, 1.54) is 19.3 Å². The molecule has 0 atom stereocenters. The summed E-state index contributed by atoms with van der Waals surface area (Å²) < 4.78 is 0. The van der Waals surface area contributed by atoms with Gasteiger partial charge in [-0.25, -0.2) is 0 Å². The highest BCUT2D eigenvalue weighted by Gasteiger charge is 2.18. The normalized spacial score (nSPS) is 12.6. The number of hydrogen-bond acceptors (Lipinski definition) is 1. The van der Waals surface area contributed by atoms with Crippen molar-refractivity contribution in [2.45, 2.75) is 45.6 Å². The Kier molecular flexibility index (Phi) is 3.95. The minimum Gasteiger partial charge on any atom is -0.304 e. The summed E-state index contributed by atoms with van der Waals surface area (Å²) >= 11 is 0. The summed E-state index contributed by atoms with van der Waals surface area (Å²) in [4.78, 5) is 2.29. The molecule has 0 aromatic heterocycles. The molecule has 0 saturated carbocycles. The van der Waals surface area contributed by atoms with Crippen molar-refractivity contribution in [2.75, 3.05) is 14.1 Å². The van der Waals surface area contributed by atoms with Crippen molar-refractivity contribution in [3.63, 3.8) is 0 Å². The zero-order valence-electron chi connectivity index (χ0n) is 8.07. The maximum absolute atomic E-state index is 2.29. The summed E-state index contributed by atoms with van der Waals surface area (Å²) in [6.07, 6.45) is 3.94. The van der Waals surface area contributed by atoms with E-state index in [1.807, 2.05) is 0 Å². The van der Waals surface area contributed by atoms with Gasteiger partial charge in [0, 0.05) is 5.54 Å². The number of hydrogen-bond donors (Lipinski definition) is 0. The monoisotopic (exact) mass is 143 g/mol. The van der Waals surface area contributed by atoms with Crippen molar-refractivity contribution in [2.24, 2.45) is 0 Å². The predicted molar refractivity (Wildman–Crippen MR) is 47.3 cm³/mol. The Bertz CT molecular complexity index is 84.7. The summed E-state index contributed by atoms with van der Waals surface area (Å²) in [5.41, 5.74) is 0.385. The van der Waals surface area contributed by atoms with Crippen LogP contribution in [0.25, 0.3) is 0 Å². The van der Waals surface area contributed by atoms with Gasteiger partial charge in [0.25, 0.3) is 0 Å². The van der Waals surface area contributed by atoms with Gasteiger partial charge in [0.2, 0.25) is 0 Å². The van der Waals surface area contributed by atoms with E-state index in [4.69, 9.17) is 0 Å². The molecule has 0 rings (SSSR count). The molecule has 0 amide bonds. The van der Waals surface area contributed by atoms with Crippen LogP contribution in [0.15, 0.2) is 0 Å². The Balaban J connectivity index is 3.63. The van der Waals surface area contributed by atoms with Crippen LogP contribution in [0, 0.1) is 0 Å². The van der Waals surface area contributed by atoms with Crippen molar-refractivity contribution in [3.05, 3.63) is 0 Å². The van der Waals surface area contributed by atoms with Crippen molar-refractivity contribution in [3.8, 4) is 0 Å². The lowest BCUT2D eigenvalue weighted by Gasteiger charge is -2.32. The van der Waals surface area contributed by atoms with E-state index in [9.17, 15) is 0 Å². The third kappa shape index (κ3) is 3.21. The minimum absolute atomic E-state index is 0.385. The van der Waals surface area contributed by atoms with E-state index < -0.39 is 0 Å². The fourth-order valence-electron chi connectivity index (χ4n) is 0.833. The standard InChI is InChI=1S/C9H21N/c1-6-7-8-9(2,3)10(4)5/h6-8H2,1-5H3. The summed E-state index contributed by atoms with van der Waals surface area (Å²) in [5.74, 6) is 0. The number of rotatable bonds is 4. The Morgan fingerprint density at radius 2 is 1.70 bits per heavy atom. The molecule has 0 aromatic rings. The van der Waals surface area contributed by atoms with Gasteiger partial charge in [0.1, 0.15) is 0 Å². The van der Waals surface area contributed by atoms with Crippen LogP contribution in [0.2, 0.25) is 0 Å². The van der Waals surface area contributed by atoms with Crippen molar-refractivity contribution >= 4 is 0 Å². The lowest BCUT2D eigenvalue weighted by atomic mass is 9.96. The predicted octanol–water partition coefficient (Wildman–Crippen LogP) is 2.52. The molecule has 0 aliphatic carbocycles. The molecule has 62 valence electrons. The van der Waals surface area contributed by atoms with E-state index >= 15 is 0 Å². The second-order valence-corrected chi connectivity index (χ2v) is 3.81. The fraction of sp³-hybridized carbons (Fsp3) is 1.00. The fourth-order valence-corrected chi connectivity index (χ4v) is 0.833. The molecule has 0 aliphatic rings. The first-order valence-electron chi connectivity index (χ1n) is 4.18. The highest BCUT2D eigenvalue weighted by atomic mass is 15.1. The Hall–Kier alpha value is -0.0400. The first kappa shape index (κ1) is 9.96. The molecule has 1 heteroatoms. The third-order valence-electron chi connectivity index (χ3n) is 2.35. The highest BCUT2D eigenvalue weighted by molar-refractivity contribution is 4.75. The van der Waals surface area contributed by atoms with Crippen LogP contribution in [-0.2, 0) is 0 Å². The number of unbranched alkanes of at least 4 members (excludes halogenated alkanes) is 1. The largest absolute Gasteiger partial charge is 0.304 e. The van der Waals surface area contributed by atoms with E-state index in [0.717, 1.165) is 0 Å². The first-order chi connectivity index (χ1) is 4.50. The Labute approximate surface area is 65.4 Å². The molecule has 1 nitrogen and oxygen atoms in total. The summed E-state index contributed by atoms with van der Waals surface area (Å²) in [7, 11) is 4.30. The summed E-state index contributed by atoms with van der Waals surface area (Å²) in [6, 6.07) is 0. The molecule has 0 aromatic carbocycles. The van der Waals surface area contributed by atoms with Gasteiger partial charge < -0.3 is 4.90 Å².